The Hall–Kier alpha value is -1.38. The van der Waals surface area contributed by atoms with Crippen LogP contribution < -0.4 is 5.32 Å². The first kappa shape index (κ1) is 37.8. The van der Waals surface area contributed by atoms with E-state index in [-0.39, 0.29) is 37.5 Å². The van der Waals surface area contributed by atoms with Crippen molar-refractivity contribution in [1.82, 2.24) is 10.2 Å². The number of aliphatic hydroxyl groups is 4. The van der Waals surface area contributed by atoms with Crippen molar-refractivity contribution in [3.8, 4) is 0 Å². The molecule has 2 saturated heterocycles. The molecule has 12 heteroatoms. The maximum Gasteiger partial charge on any atom is 0.311 e. The van der Waals surface area contributed by atoms with E-state index in [0.717, 1.165) is 0 Å². The lowest BCUT2D eigenvalue weighted by molar-refractivity contribution is -0.303. The Morgan fingerprint density at radius 2 is 1.63 bits per heavy atom. The molecule has 2 rings (SSSR count). The highest BCUT2D eigenvalue weighted by molar-refractivity contribution is 5.78. The number of carbonyl (C=O) groups excluding carboxylic acids is 2. The first-order valence-electron chi connectivity index (χ1n) is 15.7. The van der Waals surface area contributed by atoms with Crippen LogP contribution in [0.2, 0.25) is 0 Å². The van der Waals surface area contributed by atoms with Gasteiger partial charge in [0, 0.05) is 24.5 Å². The van der Waals surface area contributed by atoms with Crippen molar-refractivity contribution in [3.63, 3.8) is 0 Å². The summed E-state index contributed by atoms with van der Waals surface area (Å²) in [5.74, 6) is -3.62. The number of likely N-dealkylation sites (N-methyl/N-ethyl adjacent to an activating group) is 1. The number of aliphatic hydroxyl groups excluding tert-OH is 3. The van der Waals surface area contributed by atoms with Gasteiger partial charge >= 0.3 is 5.97 Å². The summed E-state index contributed by atoms with van der Waals surface area (Å²) in [5.41, 5.74) is -3.08. The van der Waals surface area contributed by atoms with Gasteiger partial charge in [0.1, 0.15) is 23.9 Å². The van der Waals surface area contributed by atoms with Gasteiger partial charge in [-0.05, 0) is 74.9 Å². The van der Waals surface area contributed by atoms with Crippen molar-refractivity contribution in [2.24, 2.45) is 17.8 Å². The molecule has 0 spiro atoms. The fraction of sp³-hybridized carbons (Fsp3) is 0.935. The highest BCUT2D eigenvalue weighted by atomic mass is 16.7. The quantitative estimate of drug-likeness (QED) is 0.272. The highest BCUT2D eigenvalue weighted by Gasteiger charge is 2.51. The molecule has 12 nitrogen and oxygen atoms in total. The van der Waals surface area contributed by atoms with Crippen LogP contribution in [-0.2, 0) is 28.5 Å². The van der Waals surface area contributed by atoms with Gasteiger partial charge in [-0.25, -0.2) is 0 Å². The molecule has 252 valence electrons. The lowest BCUT2D eigenvalue weighted by Gasteiger charge is -2.48. The fourth-order valence-corrected chi connectivity index (χ4v) is 6.69. The number of nitrogens with one attached hydrogen (secondary N) is 1. The Labute approximate surface area is 257 Å². The predicted octanol–water partition coefficient (Wildman–Crippen LogP) is 1.20. The average Bonchev–Trinajstić information content (AvgIpc) is 2.93. The third-order valence-electron chi connectivity index (χ3n) is 9.42. The molecule has 0 bridgehead atoms. The number of nitrogens with zero attached hydrogens (tertiary/aromatic N) is 1. The van der Waals surface area contributed by atoms with E-state index in [1.807, 2.05) is 32.8 Å². The van der Waals surface area contributed by atoms with E-state index < -0.39 is 77.8 Å². The van der Waals surface area contributed by atoms with Gasteiger partial charge in [-0.1, -0.05) is 20.8 Å². The molecule has 2 heterocycles. The Morgan fingerprint density at radius 1 is 1.02 bits per heavy atom. The van der Waals surface area contributed by atoms with Crippen LogP contribution in [0.5, 0.6) is 0 Å². The number of esters is 1. The van der Waals surface area contributed by atoms with Gasteiger partial charge in [-0.2, -0.15) is 0 Å². The number of hydrogen-bond acceptors (Lipinski definition) is 11. The van der Waals surface area contributed by atoms with Gasteiger partial charge in [0.15, 0.2) is 6.29 Å². The molecule has 2 aliphatic heterocycles. The largest absolute Gasteiger partial charge is 0.459 e. The second-order valence-electron chi connectivity index (χ2n) is 13.4. The Bertz CT molecular complexity index is 919. The lowest BCUT2D eigenvalue weighted by atomic mass is 9.77. The van der Waals surface area contributed by atoms with Crippen molar-refractivity contribution < 1.29 is 49.0 Å². The standard InChI is InChI=1S/C31H58N2O10/c1-12-22-31(9,39)25(36)20(7)32-27(37)16(3)15-30(8,40-13-2)26(18(5)23(34)19(6)28(38)42-22)43-29-24(35)21(33(10)11)14-17(4)41-29/h16-26,29,34-36,39H,12-15H2,1-11H3,(H,32,37)/t16-,17-,18+,19-,20-,21+,22-,23+,24-,25-,26-,29+,30-,31-/m1/s1. The number of hydrogen-bond donors (Lipinski definition) is 5. The van der Waals surface area contributed by atoms with E-state index in [1.165, 1.54) is 13.8 Å². The van der Waals surface area contributed by atoms with Crippen LogP contribution in [0.15, 0.2) is 0 Å². The van der Waals surface area contributed by atoms with E-state index >= 15 is 0 Å². The van der Waals surface area contributed by atoms with Gasteiger partial charge in [0.25, 0.3) is 0 Å². The maximum absolute atomic E-state index is 13.4. The zero-order valence-corrected chi connectivity index (χ0v) is 27.9. The summed E-state index contributed by atoms with van der Waals surface area (Å²) >= 11 is 0. The Balaban J connectivity index is 2.63. The summed E-state index contributed by atoms with van der Waals surface area (Å²) in [7, 11) is 3.74. The minimum atomic E-state index is -1.89. The molecule has 0 unspecified atom stereocenters. The summed E-state index contributed by atoms with van der Waals surface area (Å²) in [6.45, 7) is 15.4. The number of cyclic esters (lactones) is 1. The minimum absolute atomic E-state index is 0.138. The van der Waals surface area contributed by atoms with Gasteiger partial charge in [-0.15, -0.1) is 0 Å². The van der Waals surface area contributed by atoms with Gasteiger partial charge in [0.2, 0.25) is 5.91 Å². The third-order valence-corrected chi connectivity index (χ3v) is 9.42. The summed E-state index contributed by atoms with van der Waals surface area (Å²) in [4.78, 5) is 28.7. The lowest BCUT2D eigenvalue weighted by Crippen LogP contribution is -2.60. The number of amides is 1. The monoisotopic (exact) mass is 618 g/mol. The van der Waals surface area contributed by atoms with Crippen molar-refractivity contribution >= 4 is 11.9 Å². The Kier molecular flexibility index (Phi) is 13.4. The molecule has 14 atom stereocenters. The van der Waals surface area contributed by atoms with Crippen LogP contribution in [0.25, 0.3) is 0 Å². The number of carbonyl (C=O) groups is 2. The first-order valence-corrected chi connectivity index (χ1v) is 15.7. The predicted molar refractivity (Wildman–Crippen MR) is 160 cm³/mol. The van der Waals surface area contributed by atoms with Gasteiger partial charge in [0.05, 0.1) is 35.9 Å². The first-order chi connectivity index (χ1) is 19.8. The van der Waals surface area contributed by atoms with Crippen molar-refractivity contribution in [3.05, 3.63) is 0 Å². The summed E-state index contributed by atoms with van der Waals surface area (Å²) < 4.78 is 24.6. The van der Waals surface area contributed by atoms with Crippen LogP contribution in [-0.4, -0.2) is 124 Å². The number of rotatable bonds is 6. The maximum atomic E-state index is 13.4. The molecule has 0 radical (unpaired) electrons. The minimum Gasteiger partial charge on any atom is -0.459 e. The highest BCUT2D eigenvalue weighted by Crippen LogP contribution is 2.38. The van der Waals surface area contributed by atoms with E-state index in [0.29, 0.717) is 6.42 Å². The molecular weight excluding hydrogens is 560 g/mol. The molecule has 1 amide bonds. The molecule has 2 aliphatic rings. The summed E-state index contributed by atoms with van der Waals surface area (Å²) in [6.07, 6.45) is -6.23. The molecule has 43 heavy (non-hydrogen) atoms. The van der Waals surface area contributed by atoms with Crippen LogP contribution >= 0.6 is 0 Å². The molecule has 2 fully saturated rings. The van der Waals surface area contributed by atoms with Crippen LogP contribution in [0.1, 0.15) is 81.6 Å². The van der Waals surface area contributed by atoms with Gasteiger partial charge in [-0.3, -0.25) is 9.59 Å². The molecule has 0 aliphatic carbocycles. The Morgan fingerprint density at radius 3 is 2.16 bits per heavy atom. The molecule has 0 aromatic carbocycles. The normalized spacial score (nSPS) is 46.0. The number of ether oxygens (including phenoxy) is 4. The fourth-order valence-electron chi connectivity index (χ4n) is 6.69. The van der Waals surface area contributed by atoms with Crippen molar-refractivity contribution in [2.75, 3.05) is 20.7 Å². The average molecular weight is 619 g/mol. The topological polar surface area (TPSA) is 167 Å². The zero-order valence-electron chi connectivity index (χ0n) is 27.9. The van der Waals surface area contributed by atoms with E-state index in [2.05, 4.69) is 5.32 Å². The van der Waals surface area contributed by atoms with Crippen molar-refractivity contribution in [2.45, 2.75) is 148 Å². The zero-order chi connectivity index (χ0) is 33.0. The second kappa shape index (κ2) is 15.3. The van der Waals surface area contributed by atoms with E-state index in [4.69, 9.17) is 18.9 Å². The smallest absolute Gasteiger partial charge is 0.311 e. The van der Waals surface area contributed by atoms with Crippen LogP contribution in [0, 0.1) is 17.8 Å². The summed E-state index contributed by atoms with van der Waals surface area (Å²) in [5, 5.41) is 48.0. The van der Waals surface area contributed by atoms with E-state index in [1.54, 1.807) is 34.6 Å². The molecule has 0 saturated carbocycles. The van der Waals surface area contributed by atoms with Gasteiger partial charge < -0.3 is 49.6 Å². The van der Waals surface area contributed by atoms with Crippen LogP contribution in [0.4, 0.5) is 0 Å². The molecular formula is C31H58N2O10. The molecule has 5 N–H and O–H groups in total. The third kappa shape index (κ3) is 8.66. The second-order valence-corrected chi connectivity index (χ2v) is 13.4. The molecule has 0 aromatic rings. The van der Waals surface area contributed by atoms with Crippen LogP contribution in [0.3, 0.4) is 0 Å². The van der Waals surface area contributed by atoms with E-state index in [9.17, 15) is 30.0 Å². The summed E-state index contributed by atoms with van der Waals surface area (Å²) in [6, 6.07) is -1.13. The SMILES string of the molecule is CCO[C@]1(C)C[C@@H](C)C(=O)N[C@H](C)[C@@H](O)[C@](C)(O)[C@@H](CC)OC(=O)[C@H](C)[C@@H](O)[C@H](C)[C@H]1O[C@@H]1O[C@H](C)C[C@H](N(C)C)[C@H]1O. The van der Waals surface area contributed by atoms with Crippen molar-refractivity contribution in [1.29, 1.82) is 0 Å². The molecule has 0 aromatic heterocycles.